The second kappa shape index (κ2) is 16.7. The van der Waals surface area contributed by atoms with Gasteiger partial charge in [0.1, 0.15) is 24.2 Å². The summed E-state index contributed by atoms with van der Waals surface area (Å²) in [7, 11) is 0. The Labute approximate surface area is 238 Å². The van der Waals surface area contributed by atoms with Crippen molar-refractivity contribution < 1.29 is 43.8 Å². The predicted molar refractivity (Wildman–Crippen MR) is 146 cm³/mol. The van der Waals surface area contributed by atoms with Crippen LogP contribution in [0.25, 0.3) is 0 Å². The molecule has 0 spiro atoms. The molecule has 7 N–H and O–H groups in total. The Morgan fingerprint density at radius 3 is 1.90 bits per heavy atom. The van der Waals surface area contributed by atoms with Crippen molar-refractivity contribution in [2.45, 2.75) is 77.7 Å². The number of aliphatic hydroxyl groups is 1. The molecule has 0 heterocycles. The third-order valence-corrected chi connectivity index (χ3v) is 6.20. The summed E-state index contributed by atoms with van der Waals surface area (Å²) in [5.41, 5.74) is 0.265. The van der Waals surface area contributed by atoms with E-state index in [2.05, 4.69) is 26.6 Å². The van der Waals surface area contributed by atoms with E-state index in [4.69, 9.17) is 5.11 Å². The molecule has 0 aliphatic carbocycles. The standard InChI is InChI=1S/C27H39N5O9/c1-6-14(2)20(30-17(5)34)25(39)31-21(16(4)33)26(40)29-15(3)24(38)32-22(18-10-8-7-9-11-18)23(37)27(41)28-13-12-19(35)36/h7-11,14-16,20-22,33H,6,12-13H2,1-5H3,(H,28,41)(H,29,40)(H,30,34)(H,31,39)(H,32,38)(H,35,36)/t14-,15+,16-,20+,21+,22?/m1/s1. The molecular formula is C27H39N5O9. The highest BCUT2D eigenvalue weighted by atomic mass is 16.4. The van der Waals surface area contributed by atoms with Crippen molar-refractivity contribution in [2.75, 3.05) is 6.54 Å². The molecule has 5 amide bonds. The van der Waals surface area contributed by atoms with E-state index in [1.807, 2.05) is 6.92 Å². The number of carbonyl (C=O) groups excluding carboxylic acids is 6. The topological polar surface area (TPSA) is 220 Å². The second-order valence-corrected chi connectivity index (χ2v) is 9.64. The Bertz CT molecular complexity index is 1110. The number of carbonyl (C=O) groups is 7. The minimum Gasteiger partial charge on any atom is -0.481 e. The van der Waals surface area contributed by atoms with Crippen LogP contribution in [0.5, 0.6) is 0 Å². The number of Topliss-reactive ketones (excluding diaryl/α,β-unsaturated/α-hetero) is 1. The van der Waals surface area contributed by atoms with Crippen LogP contribution in [0, 0.1) is 5.92 Å². The van der Waals surface area contributed by atoms with E-state index in [1.54, 1.807) is 25.1 Å². The maximum absolute atomic E-state index is 13.0. The molecule has 226 valence electrons. The van der Waals surface area contributed by atoms with Crippen LogP contribution in [-0.4, -0.2) is 82.3 Å². The summed E-state index contributed by atoms with van der Waals surface area (Å²) in [6, 6.07) is 2.64. The molecule has 0 radical (unpaired) electrons. The molecule has 6 atom stereocenters. The molecule has 1 aromatic rings. The summed E-state index contributed by atoms with van der Waals surface area (Å²) in [6.07, 6.45) is -1.24. The van der Waals surface area contributed by atoms with Gasteiger partial charge in [0.15, 0.2) is 0 Å². The van der Waals surface area contributed by atoms with Crippen molar-refractivity contribution >= 4 is 41.3 Å². The van der Waals surface area contributed by atoms with Crippen LogP contribution in [-0.2, 0) is 33.6 Å². The molecule has 1 rings (SSSR count). The number of carboxylic acid groups (broad SMARTS) is 1. The fraction of sp³-hybridized carbons (Fsp3) is 0.519. The first-order valence-corrected chi connectivity index (χ1v) is 13.1. The molecule has 14 nitrogen and oxygen atoms in total. The van der Waals surface area contributed by atoms with E-state index in [1.165, 1.54) is 32.9 Å². The number of rotatable bonds is 16. The maximum atomic E-state index is 13.0. The molecular weight excluding hydrogens is 538 g/mol. The Kier molecular flexibility index (Phi) is 14.1. The summed E-state index contributed by atoms with van der Waals surface area (Å²) in [5, 5.41) is 30.8. The lowest BCUT2D eigenvalue weighted by Crippen LogP contribution is -2.60. The Hall–Kier alpha value is -4.33. The molecule has 0 aromatic heterocycles. The van der Waals surface area contributed by atoms with Crippen LogP contribution in [0.2, 0.25) is 0 Å². The smallest absolute Gasteiger partial charge is 0.305 e. The van der Waals surface area contributed by atoms with Crippen LogP contribution in [0.1, 0.15) is 59.1 Å². The van der Waals surface area contributed by atoms with Gasteiger partial charge in [-0.25, -0.2) is 0 Å². The lowest BCUT2D eigenvalue weighted by atomic mass is 9.97. The molecule has 41 heavy (non-hydrogen) atoms. The Morgan fingerprint density at radius 1 is 0.805 bits per heavy atom. The van der Waals surface area contributed by atoms with Gasteiger partial charge in [-0.05, 0) is 25.3 Å². The van der Waals surface area contributed by atoms with E-state index in [0.717, 1.165) is 0 Å². The van der Waals surface area contributed by atoms with Gasteiger partial charge in [-0.15, -0.1) is 0 Å². The normalized spacial score (nSPS) is 15.1. The quantitative estimate of drug-likeness (QED) is 0.119. The molecule has 1 aromatic carbocycles. The average molecular weight is 578 g/mol. The summed E-state index contributed by atoms with van der Waals surface area (Å²) in [4.78, 5) is 86.3. The minimum atomic E-state index is -1.48. The highest BCUT2D eigenvalue weighted by Crippen LogP contribution is 2.15. The molecule has 14 heteroatoms. The number of hydrogen-bond donors (Lipinski definition) is 7. The predicted octanol–water partition coefficient (Wildman–Crippen LogP) is -1.07. The summed E-state index contributed by atoms with van der Waals surface area (Å²) in [5.74, 6) is -6.53. The minimum absolute atomic E-state index is 0.265. The lowest BCUT2D eigenvalue weighted by molar-refractivity contribution is -0.141. The van der Waals surface area contributed by atoms with Crippen LogP contribution >= 0.6 is 0 Å². The van der Waals surface area contributed by atoms with E-state index in [9.17, 15) is 38.7 Å². The van der Waals surface area contributed by atoms with Gasteiger partial charge in [0.25, 0.3) is 5.91 Å². The van der Waals surface area contributed by atoms with Crippen molar-refractivity contribution in [2.24, 2.45) is 5.92 Å². The van der Waals surface area contributed by atoms with Crippen molar-refractivity contribution in [3.63, 3.8) is 0 Å². The van der Waals surface area contributed by atoms with E-state index < -0.39 is 78.0 Å². The van der Waals surface area contributed by atoms with Gasteiger partial charge in [0.2, 0.25) is 29.4 Å². The zero-order valence-corrected chi connectivity index (χ0v) is 23.7. The zero-order valence-electron chi connectivity index (χ0n) is 23.7. The van der Waals surface area contributed by atoms with Gasteiger partial charge in [-0.3, -0.25) is 33.6 Å². The molecule has 0 saturated heterocycles. The zero-order chi connectivity index (χ0) is 31.3. The summed E-state index contributed by atoms with van der Waals surface area (Å²) in [6.45, 7) is 7.06. The van der Waals surface area contributed by atoms with Gasteiger partial charge in [0, 0.05) is 13.5 Å². The number of amides is 5. The lowest BCUT2D eigenvalue weighted by Gasteiger charge is -2.28. The van der Waals surface area contributed by atoms with Gasteiger partial charge in [-0.2, -0.15) is 0 Å². The fourth-order valence-corrected chi connectivity index (χ4v) is 3.65. The average Bonchev–Trinajstić information content (AvgIpc) is 2.91. The van der Waals surface area contributed by atoms with Crippen molar-refractivity contribution in [3.05, 3.63) is 35.9 Å². The van der Waals surface area contributed by atoms with Crippen LogP contribution in [0.4, 0.5) is 0 Å². The van der Waals surface area contributed by atoms with E-state index in [0.29, 0.717) is 6.42 Å². The molecule has 0 aliphatic rings. The molecule has 1 unspecified atom stereocenters. The summed E-state index contributed by atoms with van der Waals surface area (Å²) < 4.78 is 0. The first kappa shape index (κ1) is 34.7. The molecule has 0 saturated carbocycles. The first-order valence-electron chi connectivity index (χ1n) is 13.1. The van der Waals surface area contributed by atoms with E-state index >= 15 is 0 Å². The van der Waals surface area contributed by atoms with Gasteiger partial charge < -0.3 is 36.8 Å². The van der Waals surface area contributed by atoms with Crippen molar-refractivity contribution in [1.82, 2.24) is 26.6 Å². The third kappa shape index (κ3) is 11.4. The third-order valence-electron chi connectivity index (χ3n) is 6.20. The van der Waals surface area contributed by atoms with Gasteiger partial charge in [0.05, 0.1) is 12.5 Å². The highest BCUT2D eigenvalue weighted by Gasteiger charge is 2.34. The number of aliphatic carboxylic acids is 1. The maximum Gasteiger partial charge on any atom is 0.305 e. The fourth-order valence-electron chi connectivity index (χ4n) is 3.65. The second-order valence-electron chi connectivity index (χ2n) is 9.64. The Balaban J connectivity index is 3.02. The number of carboxylic acids is 1. The SMILES string of the molecule is CC[C@@H](C)[C@H](NC(C)=O)C(=O)N[C@H](C(=O)N[C@@H](C)C(=O)NC(C(=O)C(=O)NCCC(=O)O)c1ccccc1)[C@@H](C)O. The monoisotopic (exact) mass is 577 g/mol. The van der Waals surface area contributed by atoms with Gasteiger partial charge in [-0.1, -0.05) is 50.6 Å². The van der Waals surface area contributed by atoms with Crippen molar-refractivity contribution in [3.8, 4) is 0 Å². The number of hydrogen-bond acceptors (Lipinski definition) is 8. The number of benzene rings is 1. The number of nitrogens with one attached hydrogen (secondary N) is 5. The number of aliphatic hydroxyl groups excluding tert-OH is 1. The molecule has 0 aliphatic heterocycles. The van der Waals surface area contributed by atoms with E-state index in [-0.39, 0.29) is 18.0 Å². The largest absolute Gasteiger partial charge is 0.481 e. The van der Waals surface area contributed by atoms with Gasteiger partial charge >= 0.3 is 5.97 Å². The molecule has 0 fully saturated rings. The van der Waals surface area contributed by atoms with Crippen LogP contribution < -0.4 is 26.6 Å². The highest BCUT2D eigenvalue weighted by molar-refractivity contribution is 6.38. The summed E-state index contributed by atoms with van der Waals surface area (Å²) >= 11 is 0. The first-order chi connectivity index (χ1) is 19.2. The number of ketones is 1. The van der Waals surface area contributed by atoms with Crippen LogP contribution in [0.3, 0.4) is 0 Å². The van der Waals surface area contributed by atoms with Crippen molar-refractivity contribution in [1.29, 1.82) is 0 Å². The Morgan fingerprint density at radius 2 is 1.39 bits per heavy atom. The molecule has 0 bridgehead atoms. The van der Waals surface area contributed by atoms with Crippen LogP contribution in [0.15, 0.2) is 30.3 Å².